The molecule has 0 bridgehead atoms. The molecule has 0 atom stereocenters. The van der Waals surface area contributed by atoms with E-state index < -0.39 is 25.8 Å². The number of carbonyl (C=O) groups is 1. The van der Waals surface area contributed by atoms with Gasteiger partial charge in [-0.05, 0) is 42.0 Å². The fourth-order valence-electron chi connectivity index (χ4n) is 2.81. The average molecular weight is 475 g/mol. The number of rotatable bonds is 10. The highest BCUT2D eigenvalue weighted by molar-refractivity contribution is 7.90. The van der Waals surface area contributed by atoms with Crippen molar-refractivity contribution in [3.63, 3.8) is 0 Å². The molecule has 10 heteroatoms. The Kier molecular flexibility index (Phi) is 7.29. The second kappa shape index (κ2) is 9.94. The van der Waals surface area contributed by atoms with Gasteiger partial charge in [0, 0.05) is 12.2 Å². The predicted octanol–water partition coefficient (Wildman–Crippen LogP) is 3.11. The van der Waals surface area contributed by atoms with Crippen LogP contribution in [-0.2, 0) is 31.4 Å². The average Bonchev–Trinajstić information content (AvgIpc) is 3.22. The summed E-state index contributed by atoms with van der Waals surface area (Å²) in [5, 5.41) is 2.63. The Morgan fingerprint density at radius 2 is 1.59 bits per heavy atom. The fourth-order valence-corrected chi connectivity index (χ4v) is 5.18. The lowest BCUT2D eigenvalue weighted by Gasteiger charge is -2.07. The van der Waals surface area contributed by atoms with Gasteiger partial charge in [-0.2, -0.15) is 0 Å². The summed E-state index contributed by atoms with van der Waals surface area (Å²) in [5.74, 6) is -1.02. The van der Waals surface area contributed by atoms with Crippen LogP contribution < -0.4 is 10.0 Å². The van der Waals surface area contributed by atoms with Gasteiger partial charge < -0.3 is 9.73 Å². The zero-order valence-electron chi connectivity index (χ0n) is 17.0. The van der Waals surface area contributed by atoms with Gasteiger partial charge in [0.05, 0.1) is 10.6 Å². The first-order valence-corrected chi connectivity index (χ1v) is 12.8. The monoisotopic (exact) mass is 474 g/mol. The molecule has 8 nitrogen and oxygen atoms in total. The lowest BCUT2D eigenvalue weighted by Crippen LogP contribution is -2.25. The van der Waals surface area contributed by atoms with E-state index in [-0.39, 0.29) is 34.5 Å². The van der Waals surface area contributed by atoms with E-state index in [2.05, 4.69) is 16.6 Å². The Labute approximate surface area is 186 Å². The Hall–Kier alpha value is -3.21. The van der Waals surface area contributed by atoms with Gasteiger partial charge in [0.1, 0.15) is 11.5 Å². The largest absolute Gasteiger partial charge is 0.455 e. The third-order valence-electron chi connectivity index (χ3n) is 4.34. The summed E-state index contributed by atoms with van der Waals surface area (Å²) in [6.07, 6.45) is 1.45. The summed E-state index contributed by atoms with van der Waals surface area (Å²) in [6, 6.07) is 17.1. The molecule has 1 amide bonds. The third kappa shape index (κ3) is 6.39. The van der Waals surface area contributed by atoms with Gasteiger partial charge in [0.2, 0.25) is 10.0 Å². The molecule has 3 aromatic rings. The van der Waals surface area contributed by atoms with Crippen LogP contribution in [0.25, 0.3) is 0 Å². The maximum absolute atomic E-state index is 12.4. The summed E-state index contributed by atoms with van der Waals surface area (Å²) < 4.78 is 56.5. The minimum absolute atomic E-state index is 0.0384. The second-order valence-corrected chi connectivity index (χ2v) is 10.7. The number of furan rings is 1. The molecule has 1 heterocycles. The molecule has 0 aliphatic carbocycles. The first-order valence-electron chi connectivity index (χ1n) is 9.53. The normalized spacial score (nSPS) is 11.8. The van der Waals surface area contributed by atoms with Crippen LogP contribution >= 0.6 is 0 Å². The van der Waals surface area contributed by atoms with Crippen LogP contribution in [-0.4, -0.2) is 29.3 Å². The van der Waals surface area contributed by atoms with Crippen molar-refractivity contribution in [3.05, 3.63) is 96.5 Å². The van der Waals surface area contributed by atoms with E-state index in [1.165, 1.54) is 30.3 Å². The number of sulfone groups is 1. The molecule has 0 fully saturated rings. The van der Waals surface area contributed by atoms with E-state index >= 15 is 0 Å². The van der Waals surface area contributed by atoms with E-state index in [1.807, 2.05) is 0 Å². The zero-order valence-corrected chi connectivity index (χ0v) is 18.7. The van der Waals surface area contributed by atoms with Crippen molar-refractivity contribution in [1.82, 2.24) is 4.72 Å². The molecule has 0 saturated heterocycles. The van der Waals surface area contributed by atoms with Gasteiger partial charge >= 0.3 is 0 Å². The second-order valence-electron chi connectivity index (χ2n) is 6.89. The topological polar surface area (TPSA) is 123 Å². The van der Waals surface area contributed by atoms with Gasteiger partial charge in [-0.1, -0.05) is 36.4 Å². The first-order chi connectivity index (χ1) is 15.2. The molecule has 0 spiro atoms. The lowest BCUT2D eigenvalue weighted by molar-refractivity contribution is 0.0995. The molecule has 0 aliphatic rings. The smallest absolute Gasteiger partial charge is 0.291 e. The van der Waals surface area contributed by atoms with Crippen LogP contribution in [0.2, 0.25) is 0 Å². The predicted molar refractivity (Wildman–Crippen MR) is 121 cm³/mol. The van der Waals surface area contributed by atoms with Crippen LogP contribution in [0.15, 0.2) is 88.7 Å². The number of hydrogen-bond donors (Lipinski definition) is 2. The number of anilines is 1. The van der Waals surface area contributed by atoms with Gasteiger partial charge in [0.15, 0.2) is 15.6 Å². The van der Waals surface area contributed by atoms with E-state index in [1.54, 1.807) is 42.5 Å². The van der Waals surface area contributed by atoms with Crippen LogP contribution in [0.4, 0.5) is 5.69 Å². The maximum atomic E-state index is 12.4. The van der Waals surface area contributed by atoms with Crippen LogP contribution in [0, 0.1) is 0 Å². The zero-order chi connectivity index (χ0) is 23.2. The molecule has 0 radical (unpaired) electrons. The van der Waals surface area contributed by atoms with E-state index in [9.17, 15) is 21.6 Å². The Balaban J connectivity index is 1.62. The van der Waals surface area contributed by atoms with Crippen molar-refractivity contribution in [2.45, 2.75) is 16.4 Å². The molecular formula is C22H22N2O6S2. The van der Waals surface area contributed by atoms with E-state index in [0.717, 1.165) is 0 Å². The number of amides is 1. The van der Waals surface area contributed by atoms with Crippen molar-refractivity contribution in [2.75, 3.05) is 11.9 Å². The van der Waals surface area contributed by atoms with Crippen LogP contribution in [0.3, 0.4) is 0 Å². The number of sulfonamides is 1. The number of carbonyl (C=O) groups excluding carboxylic acids is 1. The maximum Gasteiger partial charge on any atom is 0.291 e. The Morgan fingerprint density at radius 3 is 2.25 bits per heavy atom. The van der Waals surface area contributed by atoms with Gasteiger partial charge in [-0.3, -0.25) is 4.79 Å². The Morgan fingerprint density at radius 1 is 0.906 bits per heavy atom. The highest BCUT2D eigenvalue weighted by atomic mass is 32.2. The van der Waals surface area contributed by atoms with Crippen LogP contribution in [0.1, 0.15) is 21.9 Å². The fraction of sp³-hybridized carbons (Fsp3) is 0.136. The van der Waals surface area contributed by atoms with Crippen molar-refractivity contribution < 1.29 is 26.0 Å². The van der Waals surface area contributed by atoms with E-state index in [4.69, 9.17) is 4.42 Å². The molecule has 2 N–H and O–H groups in total. The van der Waals surface area contributed by atoms with Gasteiger partial charge in [0.25, 0.3) is 5.91 Å². The summed E-state index contributed by atoms with van der Waals surface area (Å²) in [7, 11) is -7.08. The minimum atomic E-state index is -3.60. The quantitative estimate of drug-likeness (QED) is 0.435. The molecule has 0 aliphatic heterocycles. The highest BCUT2D eigenvalue weighted by Gasteiger charge is 2.19. The molecule has 0 unspecified atom stereocenters. The number of nitrogens with one attached hydrogen (secondary N) is 2. The van der Waals surface area contributed by atoms with Crippen LogP contribution in [0.5, 0.6) is 0 Å². The lowest BCUT2D eigenvalue weighted by atomic mass is 10.2. The summed E-state index contributed by atoms with van der Waals surface area (Å²) in [5.41, 5.74) is 0.982. The molecule has 3 rings (SSSR count). The summed E-state index contributed by atoms with van der Waals surface area (Å²) in [6.45, 7) is 3.61. The summed E-state index contributed by atoms with van der Waals surface area (Å²) >= 11 is 0. The molecule has 168 valence electrons. The van der Waals surface area contributed by atoms with Crippen molar-refractivity contribution in [3.8, 4) is 0 Å². The van der Waals surface area contributed by atoms with E-state index in [0.29, 0.717) is 11.3 Å². The highest BCUT2D eigenvalue weighted by Crippen LogP contribution is 2.19. The van der Waals surface area contributed by atoms with Crippen molar-refractivity contribution in [2.24, 2.45) is 0 Å². The third-order valence-corrected chi connectivity index (χ3v) is 7.31. The van der Waals surface area contributed by atoms with Crippen molar-refractivity contribution in [1.29, 1.82) is 0 Å². The molecule has 2 aromatic carbocycles. The molecular weight excluding hydrogens is 452 g/mol. The SMILES string of the molecule is C=CCNS(=O)(=O)Cc1ccc(NC(=O)c2ccc(CS(=O)(=O)c3ccccc3)o2)cc1. The van der Waals surface area contributed by atoms with Gasteiger partial charge in [-0.15, -0.1) is 6.58 Å². The summed E-state index contributed by atoms with van der Waals surface area (Å²) in [4.78, 5) is 12.6. The molecule has 1 aromatic heterocycles. The molecule has 0 saturated carbocycles. The van der Waals surface area contributed by atoms with Gasteiger partial charge in [-0.25, -0.2) is 21.6 Å². The first kappa shape index (κ1) is 23.5. The van der Waals surface area contributed by atoms with Crippen molar-refractivity contribution >= 4 is 31.5 Å². The minimum Gasteiger partial charge on any atom is -0.455 e. The number of hydrogen-bond acceptors (Lipinski definition) is 6. The molecule has 32 heavy (non-hydrogen) atoms. The number of benzene rings is 2. The Bertz CT molecular complexity index is 1300. The standard InChI is InChI=1S/C22H22N2O6S2/c1-2-14-23-32(28,29)15-17-8-10-18(11-9-17)24-22(25)21-13-12-19(30-21)16-31(26,27)20-6-4-3-5-7-20/h2-13,23H,1,14-16H2,(H,24,25).